The van der Waals surface area contributed by atoms with Crippen LogP contribution in [-0.2, 0) is 6.54 Å². The smallest absolute Gasteiger partial charge is 0.255 e. The van der Waals surface area contributed by atoms with Crippen molar-refractivity contribution < 1.29 is 13.9 Å². The number of H-pyrrole nitrogens is 1. The van der Waals surface area contributed by atoms with Crippen molar-refractivity contribution in [1.82, 2.24) is 20.5 Å². The van der Waals surface area contributed by atoms with Crippen molar-refractivity contribution in [3.63, 3.8) is 0 Å². The van der Waals surface area contributed by atoms with Gasteiger partial charge < -0.3 is 14.5 Å². The molecule has 0 aliphatic rings. The lowest BCUT2D eigenvalue weighted by molar-refractivity contribution is 0.0945. The van der Waals surface area contributed by atoms with Crippen LogP contribution in [-0.4, -0.2) is 28.2 Å². The Morgan fingerprint density at radius 3 is 2.93 bits per heavy atom. The Labute approximate surface area is 161 Å². The number of aromatic nitrogens is 3. The quantitative estimate of drug-likeness (QED) is 0.537. The molecule has 2 N–H and O–H groups in total. The number of nitrogens with zero attached hydrogens (tertiary/aromatic N) is 2. The average molecular weight is 374 g/mol. The fourth-order valence-electron chi connectivity index (χ4n) is 2.94. The first-order valence-corrected chi connectivity index (χ1v) is 8.70. The van der Waals surface area contributed by atoms with Crippen LogP contribution in [0.15, 0.2) is 59.5 Å². The molecule has 4 rings (SSSR count). The lowest BCUT2D eigenvalue weighted by Crippen LogP contribution is -2.23. The molecule has 7 nitrogen and oxygen atoms in total. The highest BCUT2D eigenvalue weighted by atomic mass is 16.5. The maximum atomic E-state index is 12.7. The number of benzene rings is 1. The summed E-state index contributed by atoms with van der Waals surface area (Å²) in [5.74, 6) is 0.893. The number of carbonyl (C=O) groups excluding carboxylic acids is 1. The zero-order valence-electron chi connectivity index (χ0n) is 15.2. The summed E-state index contributed by atoms with van der Waals surface area (Å²) in [5, 5.41) is 10.9. The molecule has 0 saturated heterocycles. The Kier molecular flexibility index (Phi) is 4.88. The summed E-state index contributed by atoms with van der Waals surface area (Å²) in [6.07, 6.45) is 8.82. The van der Waals surface area contributed by atoms with E-state index in [1.807, 2.05) is 30.4 Å². The number of ether oxygens (including phenoxy) is 1. The molecule has 3 heterocycles. The second kappa shape index (κ2) is 7.79. The van der Waals surface area contributed by atoms with E-state index in [-0.39, 0.29) is 5.91 Å². The van der Waals surface area contributed by atoms with E-state index >= 15 is 0 Å². The molecule has 0 aliphatic carbocycles. The van der Waals surface area contributed by atoms with Gasteiger partial charge in [0.2, 0.25) is 0 Å². The van der Waals surface area contributed by atoms with Crippen LogP contribution < -0.4 is 10.1 Å². The molecule has 28 heavy (non-hydrogen) atoms. The summed E-state index contributed by atoms with van der Waals surface area (Å²) in [4.78, 5) is 16.8. The second-order valence-electron chi connectivity index (χ2n) is 6.06. The van der Waals surface area contributed by atoms with Gasteiger partial charge in [-0.25, -0.2) is 0 Å². The summed E-state index contributed by atoms with van der Waals surface area (Å²) in [5.41, 5.74) is 2.84. The Hall–Kier alpha value is -3.87. The Morgan fingerprint density at radius 1 is 1.25 bits per heavy atom. The number of hydrogen-bond acceptors (Lipinski definition) is 5. The van der Waals surface area contributed by atoms with Crippen LogP contribution in [0.25, 0.3) is 23.1 Å². The molecule has 0 radical (unpaired) electrons. The molecule has 1 amide bonds. The van der Waals surface area contributed by atoms with Gasteiger partial charge in [-0.05, 0) is 42.0 Å². The van der Waals surface area contributed by atoms with Gasteiger partial charge in [0.1, 0.15) is 11.5 Å². The minimum Gasteiger partial charge on any atom is -0.495 e. The lowest BCUT2D eigenvalue weighted by atomic mass is 10.1. The number of nitrogens with one attached hydrogen (secondary N) is 2. The summed E-state index contributed by atoms with van der Waals surface area (Å²) >= 11 is 0. The van der Waals surface area contributed by atoms with E-state index in [9.17, 15) is 4.79 Å². The molecule has 1 aromatic carbocycles. The number of rotatable bonds is 6. The van der Waals surface area contributed by atoms with Crippen molar-refractivity contribution in [2.45, 2.75) is 6.54 Å². The molecule has 0 atom stereocenters. The van der Waals surface area contributed by atoms with Crippen LogP contribution in [0.2, 0.25) is 0 Å². The van der Waals surface area contributed by atoms with E-state index in [2.05, 4.69) is 20.5 Å². The van der Waals surface area contributed by atoms with Gasteiger partial charge >= 0.3 is 0 Å². The van der Waals surface area contributed by atoms with Crippen molar-refractivity contribution in [3.8, 4) is 5.75 Å². The Morgan fingerprint density at radius 2 is 2.18 bits per heavy atom. The van der Waals surface area contributed by atoms with Gasteiger partial charge in [-0.15, -0.1) is 0 Å². The third-order valence-electron chi connectivity index (χ3n) is 4.28. The van der Waals surface area contributed by atoms with E-state index in [0.29, 0.717) is 29.3 Å². The topological polar surface area (TPSA) is 93.0 Å². The second-order valence-corrected chi connectivity index (χ2v) is 6.06. The van der Waals surface area contributed by atoms with Crippen LogP contribution in [0.1, 0.15) is 27.4 Å². The number of amides is 1. The highest BCUT2D eigenvalue weighted by Crippen LogP contribution is 2.32. The fourth-order valence-corrected chi connectivity index (χ4v) is 2.94. The van der Waals surface area contributed by atoms with Crippen LogP contribution in [0, 0.1) is 0 Å². The molecule has 0 unspecified atom stereocenters. The van der Waals surface area contributed by atoms with E-state index in [0.717, 1.165) is 16.5 Å². The van der Waals surface area contributed by atoms with Gasteiger partial charge in [-0.1, -0.05) is 12.1 Å². The van der Waals surface area contributed by atoms with Crippen molar-refractivity contribution in [2.24, 2.45) is 0 Å². The van der Waals surface area contributed by atoms with Gasteiger partial charge in [0.05, 0.1) is 42.1 Å². The minimum absolute atomic E-state index is 0.251. The molecule has 0 saturated carbocycles. The minimum atomic E-state index is -0.251. The Bertz CT molecular complexity index is 1120. The van der Waals surface area contributed by atoms with Crippen LogP contribution >= 0.6 is 0 Å². The maximum absolute atomic E-state index is 12.7. The number of fused-ring (bicyclic) bond motifs is 1. The monoisotopic (exact) mass is 374 g/mol. The molecule has 0 aliphatic heterocycles. The predicted molar refractivity (Wildman–Crippen MR) is 106 cm³/mol. The summed E-state index contributed by atoms with van der Waals surface area (Å²) in [6.45, 7) is 0.298. The number of aromatic amines is 1. The highest BCUT2D eigenvalue weighted by molar-refractivity contribution is 6.05. The maximum Gasteiger partial charge on any atom is 0.255 e. The molecule has 3 aromatic heterocycles. The predicted octanol–water partition coefficient (Wildman–Crippen LogP) is 3.66. The first-order chi connectivity index (χ1) is 13.8. The molecule has 7 heteroatoms. The normalized spacial score (nSPS) is 11.2. The van der Waals surface area contributed by atoms with Crippen molar-refractivity contribution in [1.29, 1.82) is 0 Å². The molecule has 140 valence electrons. The molecule has 0 spiro atoms. The third-order valence-corrected chi connectivity index (χ3v) is 4.28. The van der Waals surface area contributed by atoms with Gasteiger partial charge in [0, 0.05) is 12.4 Å². The van der Waals surface area contributed by atoms with Gasteiger partial charge in [-0.3, -0.25) is 14.9 Å². The average Bonchev–Trinajstić information content (AvgIpc) is 3.40. The zero-order valence-corrected chi connectivity index (χ0v) is 15.2. The fraction of sp³-hybridized carbons (Fsp3) is 0.0952. The first kappa shape index (κ1) is 17.5. The van der Waals surface area contributed by atoms with E-state index < -0.39 is 0 Å². The number of furan rings is 1. The third kappa shape index (κ3) is 3.50. The van der Waals surface area contributed by atoms with Gasteiger partial charge in [0.15, 0.2) is 0 Å². The van der Waals surface area contributed by atoms with Crippen LogP contribution in [0.3, 0.4) is 0 Å². The number of methoxy groups -OCH3 is 1. The van der Waals surface area contributed by atoms with Crippen molar-refractivity contribution in [3.05, 3.63) is 77.6 Å². The highest BCUT2D eigenvalue weighted by Gasteiger charge is 2.19. The van der Waals surface area contributed by atoms with Crippen molar-refractivity contribution in [2.75, 3.05) is 7.11 Å². The standard InChI is InChI=1S/C21H18N4O3/c1-27-20-16(21(26)23-13-15-5-3-11-28-15)7-9-18-19(20)17(24-25-18)8-6-14-4-2-10-22-12-14/h2-12H,13H2,1H3,(H,23,26)(H,24,25). The van der Waals surface area contributed by atoms with Crippen LogP contribution in [0.5, 0.6) is 5.75 Å². The van der Waals surface area contributed by atoms with E-state index in [4.69, 9.17) is 9.15 Å². The Balaban J connectivity index is 1.66. The molecular formula is C21H18N4O3. The molecule has 4 aromatic rings. The van der Waals surface area contributed by atoms with E-state index in [1.165, 1.54) is 0 Å². The number of pyridine rings is 1. The molecule has 0 bridgehead atoms. The summed E-state index contributed by atoms with van der Waals surface area (Å²) < 4.78 is 10.8. The van der Waals surface area contributed by atoms with Gasteiger partial charge in [-0.2, -0.15) is 5.10 Å². The largest absolute Gasteiger partial charge is 0.495 e. The van der Waals surface area contributed by atoms with Crippen molar-refractivity contribution >= 4 is 29.0 Å². The summed E-state index contributed by atoms with van der Waals surface area (Å²) in [7, 11) is 1.54. The number of hydrogen-bond donors (Lipinski definition) is 2. The van der Waals surface area contributed by atoms with Gasteiger partial charge in [0.25, 0.3) is 5.91 Å². The molecular weight excluding hydrogens is 356 g/mol. The molecule has 0 fully saturated rings. The SMILES string of the molecule is COc1c(C(=O)NCc2ccco2)ccc2[nH]nc(C=Cc3cccnc3)c12. The first-order valence-electron chi connectivity index (χ1n) is 8.70. The lowest BCUT2D eigenvalue weighted by Gasteiger charge is -2.10. The number of carbonyl (C=O) groups is 1. The van der Waals surface area contributed by atoms with Crippen LogP contribution in [0.4, 0.5) is 0 Å². The zero-order chi connectivity index (χ0) is 19.3. The van der Waals surface area contributed by atoms with E-state index in [1.54, 1.807) is 44.0 Å². The summed E-state index contributed by atoms with van der Waals surface area (Å²) in [6, 6.07) is 10.9.